The fraction of sp³-hybridized carbons (Fsp3) is 0.417. The summed E-state index contributed by atoms with van der Waals surface area (Å²) in [7, 11) is 0. The minimum absolute atomic E-state index is 0.0905. The first-order chi connectivity index (χ1) is 8.08. The van der Waals surface area contributed by atoms with E-state index >= 15 is 0 Å². The topological polar surface area (TPSA) is 20.3 Å². The van der Waals surface area contributed by atoms with E-state index in [4.69, 9.17) is 11.6 Å². The number of amides is 1. The van der Waals surface area contributed by atoms with Crippen LogP contribution in [0.1, 0.15) is 18.9 Å². The molecule has 1 rings (SSSR count). The Morgan fingerprint density at radius 1 is 1.35 bits per heavy atom. The van der Waals surface area contributed by atoms with Crippen LogP contribution < -0.4 is 0 Å². The SMILES string of the molecule is CCN(Cc1ccc(F)c(F)c1)C(=O)CCCl. The standard InChI is InChI=1S/C12H14ClF2NO/c1-2-16(12(17)5-6-13)8-9-3-4-10(14)11(15)7-9/h3-4,7H,2,5-6,8H2,1H3. The van der Waals surface area contributed by atoms with Crippen LogP contribution in [0, 0.1) is 11.6 Å². The molecular weight excluding hydrogens is 248 g/mol. The third-order valence-electron chi connectivity index (χ3n) is 2.40. The van der Waals surface area contributed by atoms with Gasteiger partial charge in [-0.2, -0.15) is 0 Å². The molecule has 2 nitrogen and oxygen atoms in total. The molecule has 0 N–H and O–H groups in total. The Balaban J connectivity index is 2.73. The second kappa shape index (κ2) is 6.55. The average molecular weight is 262 g/mol. The van der Waals surface area contributed by atoms with E-state index in [0.717, 1.165) is 12.1 Å². The lowest BCUT2D eigenvalue weighted by Crippen LogP contribution is -2.30. The zero-order valence-electron chi connectivity index (χ0n) is 9.55. The zero-order valence-corrected chi connectivity index (χ0v) is 10.3. The smallest absolute Gasteiger partial charge is 0.224 e. The van der Waals surface area contributed by atoms with E-state index in [1.807, 2.05) is 6.92 Å². The number of nitrogens with zero attached hydrogens (tertiary/aromatic N) is 1. The van der Waals surface area contributed by atoms with E-state index in [9.17, 15) is 13.6 Å². The molecule has 0 aliphatic heterocycles. The number of benzene rings is 1. The van der Waals surface area contributed by atoms with Crippen LogP contribution in [0.3, 0.4) is 0 Å². The van der Waals surface area contributed by atoms with E-state index in [0.29, 0.717) is 12.1 Å². The van der Waals surface area contributed by atoms with Gasteiger partial charge in [0.2, 0.25) is 5.91 Å². The van der Waals surface area contributed by atoms with Crippen molar-refractivity contribution in [2.75, 3.05) is 12.4 Å². The third-order valence-corrected chi connectivity index (χ3v) is 2.59. The first kappa shape index (κ1) is 13.9. The summed E-state index contributed by atoms with van der Waals surface area (Å²) in [5.74, 6) is -1.62. The second-order valence-corrected chi connectivity index (χ2v) is 3.97. The van der Waals surface area contributed by atoms with Crippen molar-refractivity contribution >= 4 is 17.5 Å². The molecule has 0 unspecified atom stereocenters. The first-order valence-electron chi connectivity index (χ1n) is 5.36. The van der Waals surface area contributed by atoms with Crippen LogP contribution >= 0.6 is 11.6 Å². The van der Waals surface area contributed by atoms with Gasteiger partial charge in [0.05, 0.1) is 0 Å². The van der Waals surface area contributed by atoms with Crippen LogP contribution in [-0.2, 0) is 11.3 Å². The van der Waals surface area contributed by atoms with Gasteiger partial charge in [0, 0.05) is 25.4 Å². The van der Waals surface area contributed by atoms with Crippen LogP contribution in [0.15, 0.2) is 18.2 Å². The number of carbonyl (C=O) groups excluding carboxylic acids is 1. The lowest BCUT2D eigenvalue weighted by atomic mass is 10.2. The molecule has 0 aromatic heterocycles. The van der Waals surface area contributed by atoms with Crippen molar-refractivity contribution in [2.24, 2.45) is 0 Å². The molecule has 1 amide bonds. The highest BCUT2D eigenvalue weighted by molar-refractivity contribution is 6.18. The van der Waals surface area contributed by atoms with Gasteiger partial charge in [0.1, 0.15) is 0 Å². The molecule has 0 saturated heterocycles. The number of rotatable bonds is 5. The Kier molecular flexibility index (Phi) is 5.35. The van der Waals surface area contributed by atoms with Crippen molar-refractivity contribution in [3.8, 4) is 0 Å². The fourth-order valence-electron chi connectivity index (χ4n) is 1.47. The molecule has 94 valence electrons. The Morgan fingerprint density at radius 2 is 2.06 bits per heavy atom. The molecule has 5 heteroatoms. The molecule has 0 heterocycles. The Bertz CT molecular complexity index is 398. The lowest BCUT2D eigenvalue weighted by molar-refractivity contribution is -0.131. The van der Waals surface area contributed by atoms with Crippen molar-refractivity contribution in [1.82, 2.24) is 4.90 Å². The Hall–Kier alpha value is -1.16. The summed E-state index contributed by atoms with van der Waals surface area (Å²) >= 11 is 5.49. The van der Waals surface area contributed by atoms with Crippen molar-refractivity contribution < 1.29 is 13.6 Å². The minimum Gasteiger partial charge on any atom is -0.339 e. The highest BCUT2D eigenvalue weighted by Crippen LogP contribution is 2.11. The molecule has 0 aliphatic rings. The summed E-state index contributed by atoms with van der Waals surface area (Å²) in [5, 5.41) is 0. The number of halogens is 3. The highest BCUT2D eigenvalue weighted by atomic mass is 35.5. The van der Waals surface area contributed by atoms with E-state index < -0.39 is 11.6 Å². The second-order valence-electron chi connectivity index (χ2n) is 3.60. The molecule has 0 atom stereocenters. The quantitative estimate of drug-likeness (QED) is 0.747. The predicted molar refractivity (Wildman–Crippen MR) is 62.8 cm³/mol. The molecule has 0 aliphatic carbocycles. The third kappa shape index (κ3) is 3.97. The Morgan fingerprint density at radius 3 is 2.59 bits per heavy atom. The molecule has 1 aromatic rings. The van der Waals surface area contributed by atoms with Crippen LogP contribution in [0.25, 0.3) is 0 Å². The zero-order chi connectivity index (χ0) is 12.8. The maximum absolute atomic E-state index is 13.0. The molecule has 0 spiro atoms. The van der Waals surface area contributed by atoms with Gasteiger partial charge < -0.3 is 4.90 Å². The number of hydrogen-bond acceptors (Lipinski definition) is 1. The van der Waals surface area contributed by atoms with E-state index in [1.54, 1.807) is 4.90 Å². The summed E-state index contributed by atoms with van der Waals surface area (Å²) in [5.41, 5.74) is 0.564. The molecular formula is C12H14ClF2NO. The van der Waals surface area contributed by atoms with E-state index in [2.05, 4.69) is 0 Å². The maximum Gasteiger partial charge on any atom is 0.224 e. The molecule has 0 radical (unpaired) electrons. The maximum atomic E-state index is 13.0. The van der Waals surface area contributed by atoms with Gasteiger partial charge in [-0.25, -0.2) is 8.78 Å². The number of alkyl halides is 1. The molecule has 0 bridgehead atoms. The first-order valence-corrected chi connectivity index (χ1v) is 5.89. The number of carbonyl (C=O) groups is 1. The van der Waals surface area contributed by atoms with Gasteiger partial charge in [0.25, 0.3) is 0 Å². The molecule has 0 saturated carbocycles. The molecule has 1 aromatic carbocycles. The average Bonchev–Trinajstić information content (AvgIpc) is 2.30. The highest BCUT2D eigenvalue weighted by Gasteiger charge is 2.12. The van der Waals surface area contributed by atoms with Gasteiger partial charge in [0.15, 0.2) is 11.6 Å². The molecule has 17 heavy (non-hydrogen) atoms. The van der Waals surface area contributed by atoms with Crippen molar-refractivity contribution in [3.63, 3.8) is 0 Å². The van der Waals surface area contributed by atoms with Crippen molar-refractivity contribution in [3.05, 3.63) is 35.4 Å². The predicted octanol–water partition coefficient (Wildman–Crippen LogP) is 2.94. The minimum atomic E-state index is -0.900. The van der Waals surface area contributed by atoms with Gasteiger partial charge in [-0.15, -0.1) is 11.6 Å². The van der Waals surface area contributed by atoms with Crippen molar-refractivity contribution in [2.45, 2.75) is 19.9 Å². The van der Waals surface area contributed by atoms with Crippen LogP contribution in [-0.4, -0.2) is 23.2 Å². The summed E-state index contributed by atoms with van der Waals surface area (Å²) in [6.07, 6.45) is 0.249. The molecule has 0 fully saturated rings. The lowest BCUT2D eigenvalue weighted by Gasteiger charge is -2.20. The summed E-state index contributed by atoms with van der Waals surface area (Å²) in [4.78, 5) is 13.2. The summed E-state index contributed by atoms with van der Waals surface area (Å²) in [6.45, 7) is 2.60. The monoisotopic (exact) mass is 261 g/mol. The summed E-state index contributed by atoms with van der Waals surface area (Å²) < 4.78 is 25.7. The van der Waals surface area contributed by atoms with Crippen LogP contribution in [0.5, 0.6) is 0 Å². The van der Waals surface area contributed by atoms with Gasteiger partial charge in [-0.1, -0.05) is 6.07 Å². The van der Waals surface area contributed by atoms with E-state index in [1.165, 1.54) is 6.07 Å². The summed E-state index contributed by atoms with van der Waals surface area (Å²) in [6, 6.07) is 3.63. The Labute approximate surface area is 104 Å². The van der Waals surface area contributed by atoms with Crippen LogP contribution in [0.4, 0.5) is 8.78 Å². The van der Waals surface area contributed by atoms with Gasteiger partial charge >= 0.3 is 0 Å². The normalized spacial score (nSPS) is 10.4. The van der Waals surface area contributed by atoms with Gasteiger partial charge in [-0.3, -0.25) is 4.79 Å². The number of hydrogen-bond donors (Lipinski definition) is 0. The van der Waals surface area contributed by atoms with E-state index in [-0.39, 0.29) is 24.8 Å². The fourth-order valence-corrected chi connectivity index (χ4v) is 1.64. The van der Waals surface area contributed by atoms with Crippen LogP contribution in [0.2, 0.25) is 0 Å². The van der Waals surface area contributed by atoms with Gasteiger partial charge in [-0.05, 0) is 24.6 Å². The van der Waals surface area contributed by atoms with Crippen molar-refractivity contribution in [1.29, 1.82) is 0 Å². The largest absolute Gasteiger partial charge is 0.339 e.